The topological polar surface area (TPSA) is 35.5 Å². The molecule has 0 aliphatic carbocycles. The van der Waals surface area contributed by atoms with Crippen LogP contribution < -0.4 is 4.74 Å². The van der Waals surface area contributed by atoms with E-state index in [1.165, 1.54) is 11.1 Å². The van der Waals surface area contributed by atoms with E-state index in [0.717, 1.165) is 24.8 Å². The lowest BCUT2D eigenvalue weighted by Gasteiger charge is -2.20. The number of carbonyl (C=O) groups excluding carboxylic acids is 1. The predicted molar refractivity (Wildman–Crippen MR) is 99.7 cm³/mol. The summed E-state index contributed by atoms with van der Waals surface area (Å²) in [6, 6.07) is 6.03. The molecule has 134 valence electrons. The van der Waals surface area contributed by atoms with Crippen molar-refractivity contribution in [1.82, 2.24) is 0 Å². The van der Waals surface area contributed by atoms with E-state index < -0.39 is 11.8 Å². The van der Waals surface area contributed by atoms with Crippen LogP contribution in [0.4, 0.5) is 4.79 Å². The second kappa shape index (κ2) is 8.91. The van der Waals surface area contributed by atoms with E-state index in [-0.39, 0.29) is 0 Å². The first-order chi connectivity index (χ1) is 11.2. The Morgan fingerprint density at radius 1 is 1.25 bits per heavy atom. The third kappa shape index (κ3) is 6.77. The molecule has 0 bridgehead atoms. The van der Waals surface area contributed by atoms with Crippen molar-refractivity contribution in [3.63, 3.8) is 0 Å². The molecule has 0 saturated heterocycles. The largest absolute Gasteiger partial charge is 0.514 e. The van der Waals surface area contributed by atoms with Crippen LogP contribution in [-0.4, -0.2) is 11.8 Å². The minimum absolute atomic E-state index is 0.407. The van der Waals surface area contributed by atoms with Gasteiger partial charge in [0.05, 0.1) is 0 Å². The highest BCUT2D eigenvalue weighted by molar-refractivity contribution is 5.65. The van der Waals surface area contributed by atoms with Crippen LogP contribution in [0.1, 0.15) is 77.8 Å². The highest BCUT2D eigenvalue weighted by atomic mass is 16.7. The molecule has 1 unspecified atom stereocenters. The van der Waals surface area contributed by atoms with Crippen LogP contribution in [0.5, 0.6) is 5.75 Å². The fourth-order valence-electron chi connectivity index (χ4n) is 2.50. The lowest BCUT2D eigenvalue weighted by molar-refractivity contribution is 0.0205. The van der Waals surface area contributed by atoms with Crippen molar-refractivity contribution >= 4 is 6.16 Å². The number of ether oxygens (including phenoxy) is 2. The van der Waals surface area contributed by atoms with Crippen molar-refractivity contribution in [1.29, 1.82) is 0 Å². The molecule has 0 aliphatic heterocycles. The number of rotatable bonds is 6. The highest BCUT2D eigenvalue weighted by Gasteiger charge is 2.19. The zero-order valence-electron chi connectivity index (χ0n) is 16.2. The number of carbonyl (C=O) groups is 1. The molecule has 0 fully saturated rings. The van der Waals surface area contributed by atoms with Crippen molar-refractivity contribution < 1.29 is 14.3 Å². The van der Waals surface area contributed by atoms with Gasteiger partial charge < -0.3 is 9.47 Å². The molecule has 3 nitrogen and oxygen atoms in total. The van der Waals surface area contributed by atoms with Gasteiger partial charge in [-0.1, -0.05) is 44.1 Å². The predicted octanol–water partition coefficient (Wildman–Crippen LogP) is 6.55. The minimum Gasteiger partial charge on any atom is -0.428 e. The van der Waals surface area contributed by atoms with Crippen molar-refractivity contribution in [2.45, 2.75) is 79.2 Å². The van der Waals surface area contributed by atoms with Gasteiger partial charge >= 0.3 is 6.16 Å². The van der Waals surface area contributed by atoms with Crippen LogP contribution in [0.2, 0.25) is 0 Å². The van der Waals surface area contributed by atoms with Gasteiger partial charge in [-0.25, -0.2) is 4.79 Å². The van der Waals surface area contributed by atoms with Crippen molar-refractivity contribution in [2.75, 3.05) is 0 Å². The van der Waals surface area contributed by atoms with Crippen LogP contribution in [0.3, 0.4) is 0 Å². The van der Waals surface area contributed by atoms with E-state index >= 15 is 0 Å². The maximum Gasteiger partial charge on any atom is 0.514 e. The first-order valence-electron chi connectivity index (χ1n) is 8.85. The monoisotopic (exact) mass is 332 g/mol. The molecular formula is C21H32O3. The molecule has 0 amide bonds. The number of hydrogen-bond acceptors (Lipinski definition) is 3. The van der Waals surface area contributed by atoms with Gasteiger partial charge in [0.1, 0.15) is 11.4 Å². The fraction of sp³-hybridized carbons (Fsp3) is 0.571. The van der Waals surface area contributed by atoms with Gasteiger partial charge in [0.25, 0.3) is 0 Å². The zero-order valence-corrected chi connectivity index (χ0v) is 16.2. The van der Waals surface area contributed by atoms with E-state index in [2.05, 4.69) is 32.9 Å². The summed E-state index contributed by atoms with van der Waals surface area (Å²) in [4.78, 5) is 11.8. The highest BCUT2D eigenvalue weighted by Crippen LogP contribution is 2.29. The van der Waals surface area contributed by atoms with Crippen molar-refractivity contribution in [3.8, 4) is 5.75 Å². The fourth-order valence-corrected chi connectivity index (χ4v) is 2.50. The van der Waals surface area contributed by atoms with E-state index in [1.54, 1.807) is 0 Å². The molecule has 0 spiro atoms. The quantitative estimate of drug-likeness (QED) is 0.336. The summed E-state index contributed by atoms with van der Waals surface area (Å²) in [6.07, 6.45) is 5.01. The molecule has 1 aromatic rings. The average Bonchev–Trinajstić information content (AvgIpc) is 2.46. The molecule has 0 aromatic heterocycles. The molecule has 0 aliphatic rings. The van der Waals surface area contributed by atoms with Gasteiger partial charge in [-0.2, -0.15) is 0 Å². The van der Waals surface area contributed by atoms with Crippen LogP contribution in [0.15, 0.2) is 29.8 Å². The number of benzene rings is 1. The summed E-state index contributed by atoms with van der Waals surface area (Å²) in [7, 11) is 0. The van der Waals surface area contributed by atoms with Gasteiger partial charge in [-0.05, 0) is 64.7 Å². The Hall–Kier alpha value is -1.77. The normalized spacial score (nSPS) is 13.5. The second-order valence-corrected chi connectivity index (χ2v) is 7.35. The number of aryl methyl sites for hydroxylation is 1. The third-order valence-corrected chi connectivity index (χ3v) is 3.85. The molecule has 0 N–H and O–H groups in total. The van der Waals surface area contributed by atoms with Crippen molar-refractivity contribution in [2.24, 2.45) is 0 Å². The summed E-state index contributed by atoms with van der Waals surface area (Å²) >= 11 is 0. The van der Waals surface area contributed by atoms with Gasteiger partial charge in [-0.3, -0.25) is 0 Å². The second-order valence-electron chi connectivity index (χ2n) is 7.35. The third-order valence-electron chi connectivity index (χ3n) is 3.85. The molecule has 24 heavy (non-hydrogen) atoms. The van der Waals surface area contributed by atoms with E-state index in [1.807, 2.05) is 39.8 Å². The zero-order chi connectivity index (χ0) is 18.3. The Kier molecular flexibility index (Phi) is 7.53. The standard InChI is InChI=1S/C21H32O3/c1-8-10-17(13-15(3)9-2)18-11-12-19(16(4)14-18)23-20(22)24-21(5,6)7/h11-14,17H,8-10H2,1-7H3/b15-13+. The van der Waals surface area contributed by atoms with Gasteiger partial charge in [0, 0.05) is 5.92 Å². The van der Waals surface area contributed by atoms with Gasteiger partial charge in [-0.15, -0.1) is 0 Å². The van der Waals surface area contributed by atoms with E-state index in [0.29, 0.717) is 11.7 Å². The number of hydrogen-bond donors (Lipinski definition) is 0. The molecule has 1 rings (SSSR count). The molecule has 0 heterocycles. The SMILES string of the molecule is CCCC(/C=C(\C)CC)c1ccc(OC(=O)OC(C)(C)C)c(C)c1. The Labute approximate surface area is 147 Å². The Balaban J connectivity index is 2.95. The average molecular weight is 332 g/mol. The lowest BCUT2D eigenvalue weighted by Crippen LogP contribution is -2.26. The molecule has 1 aromatic carbocycles. The van der Waals surface area contributed by atoms with Crippen LogP contribution in [0.25, 0.3) is 0 Å². The molecule has 1 atom stereocenters. The molecule has 0 saturated carbocycles. The lowest BCUT2D eigenvalue weighted by atomic mass is 9.91. The van der Waals surface area contributed by atoms with Crippen LogP contribution in [-0.2, 0) is 4.74 Å². The number of allylic oxidation sites excluding steroid dienone is 2. The first kappa shape index (κ1) is 20.3. The van der Waals surface area contributed by atoms with E-state index in [4.69, 9.17) is 9.47 Å². The summed E-state index contributed by atoms with van der Waals surface area (Å²) < 4.78 is 10.6. The summed E-state index contributed by atoms with van der Waals surface area (Å²) in [5.41, 5.74) is 3.06. The molecule has 0 radical (unpaired) electrons. The molecular weight excluding hydrogens is 300 g/mol. The maximum absolute atomic E-state index is 11.8. The smallest absolute Gasteiger partial charge is 0.428 e. The first-order valence-corrected chi connectivity index (χ1v) is 8.85. The van der Waals surface area contributed by atoms with Crippen LogP contribution in [0, 0.1) is 6.92 Å². The summed E-state index contributed by atoms with van der Waals surface area (Å²) in [5, 5.41) is 0. The maximum atomic E-state index is 11.8. The van der Waals surface area contributed by atoms with Gasteiger partial charge in [0.15, 0.2) is 0 Å². The van der Waals surface area contributed by atoms with Crippen LogP contribution >= 0.6 is 0 Å². The van der Waals surface area contributed by atoms with E-state index in [9.17, 15) is 4.79 Å². The Morgan fingerprint density at radius 3 is 2.42 bits per heavy atom. The minimum atomic E-state index is -0.662. The Morgan fingerprint density at radius 2 is 1.92 bits per heavy atom. The summed E-state index contributed by atoms with van der Waals surface area (Å²) in [6.45, 7) is 14.0. The molecule has 3 heteroatoms. The Bertz CT molecular complexity index is 579. The van der Waals surface area contributed by atoms with Gasteiger partial charge in [0.2, 0.25) is 0 Å². The van der Waals surface area contributed by atoms with Crippen molar-refractivity contribution in [3.05, 3.63) is 41.0 Å². The summed E-state index contributed by atoms with van der Waals surface area (Å²) in [5.74, 6) is 0.962.